The lowest BCUT2D eigenvalue weighted by atomic mass is 10.1. The van der Waals surface area contributed by atoms with Crippen molar-refractivity contribution < 1.29 is 14.3 Å². The molecule has 0 aliphatic heterocycles. The summed E-state index contributed by atoms with van der Waals surface area (Å²) in [5.74, 6) is 1.10. The number of nitrogens with zero attached hydrogens (tertiary/aromatic N) is 1. The average Bonchev–Trinajstić information content (AvgIpc) is 2.62. The number of fused-ring (bicyclic) bond motifs is 1. The molecule has 1 heterocycles. The molecule has 1 amide bonds. The van der Waals surface area contributed by atoms with Crippen LogP contribution in [0.4, 0.5) is 5.69 Å². The van der Waals surface area contributed by atoms with Gasteiger partial charge in [0.05, 0.1) is 31.8 Å². The van der Waals surface area contributed by atoms with E-state index in [1.165, 1.54) is 0 Å². The van der Waals surface area contributed by atoms with Crippen molar-refractivity contribution in [2.24, 2.45) is 0 Å². The number of methoxy groups -OCH3 is 2. The van der Waals surface area contributed by atoms with Crippen LogP contribution in [0.1, 0.15) is 5.56 Å². The number of carbonyl (C=O) groups is 1. The van der Waals surface area contributed by atoms with Crippen LogP contribution >= 0.6 is 0 Å². The van der Waals surface area contributed by atoms with Gasteiger partial charge < -0.3 is 14.8 Å². The van der Waals surface area contributed by atoms with Crippen molar-refractivity contribution in [1.82, 2.24) is 4.98 Å². The number of pyridine rings is 1. The zero-order valence-electron chi connectivity index (χ0n) is 13.6. The third kappa shape index (κ3) is 3.30. The molecule has 0 bridgehead atoms. The molecule has 0 saturated carbocycles. The molecule has 0 radical (unpaired) electrons. The summed E-state index contributed by atoms with van der Waals surface area (Å²) in [6, 6.07) is 15.0. The second-order valence-electron chi connectivity index (χ2n) is 5.28. The van der Waals surface area contributed by atoms with E-state index in [4.69, 9.17) is 9.47 Å². The number of benzene rings is 2. The van der Waals surface area contributed by atoms with E-state index in [0.717, 1.165) is 16.5 Å². The molecule has 5 nitrogen and oxygen atoms in total. The Morgan fingerprint density at radius 2 is 1.92 bits per heavy atom. The molecule has 5 heteroatoms. The first kappa shape index (κ1) is 15.8. The van der Waals surface area contributed by atoms with Gasteiger partial charge in [0.1, 0.15) is 11.5 Å². The van der Waals surface area contributed by atoms with Crippen LogP contribution in [0, 0.1) is 0 Å². The van der Waals surface area contributed by atoms with E-state index in [-0.39, 0.29) is 12.3 Å². The van der Waals surface area contributed by atoms with Crippen LogP contribution in [-0.4, -0.2) is 25.1 Å². The number of hydrogen-bond acceptors (Lipinski definition) is 4. The summed E-state index contributed by atoms with van der Waals surface area (Å²) in [4.78, 5) is 16.8. The topological polar surface area (TPSA) is 60.5 Å². The molecule has 0 unspecified atom stereocenters. The SMILES string of the molecule is COc1ccc(NC(=O)Cc2cccc3cccnc23)c(OC)c1. The maximum absolute atomic E-state index is 12.4. The van der Waals surface area contributed by atoms with Crippen LogP contribution in [0.5, 0.6) is 11.5 Å². The van der Waals surface area contributed by atoms with Gasteiger partial charge in [0, 0.05) is 17.6 Å². The summed E-state index contributed by atoms with van der Waals surface area (Å²) >= 11 is 0. The fourth-order valence-corrected chi connectivity index (χ4v) is 2.58. The fraction of sp³-hybridized carbons (Fsp3) is 0.158. The van der Waals surface area contributed by atoms with Gasteiger partial charge in [0.25, 0.3) is 0 Å². The van der Waals surface area contributed by atoms with Crippen LogP contribution < -0.4 is 14.8 Å². The number of hydrogen-bond donors (Lipinski definition) is 1. The zero-order valence-corrected chi connectivity index (χ0v) is 13.6. The van der Waals surface area contributed by atoms with Gasteiger partial charge in [-0.1, -0.05) is 24.3 Å². The minimum atomic E-state index is -0.128. The second kappa shape index (κ2) is 7.00. The third-order valence-corrected chi connectivity index (χ3v) is 3.75. The number of para-hydroxylation sites is 1. The van der Waals surface area contributed by atoms with Gasteiger partial charge in [-0.05, 0) is 23.8 Å². The number of carbonyl (C=O) groups excluding carboxylic acids is 1. The first-order valence-electron chi connectivity index (χ1n) is 7.56. The van der Waals surface area contributed by atoms with Crippen molar-refractivity contribution in [3.8, 4) is 11.5 Å². The third-order valence-electron chi connectivity index (χ3n) is 3.75. The smallest absolute Gasteiger partial charge is 0.228 e. The molecule has 3 aromatic rings. The summed E-state index contributed by atoms with van der Waals surface area (Å²) in [6.07, 6.45) is 1.97. The van der Waals surface area contributed by atoms with E-state index in [0.29, 0.717) is 17.2 Å². The van der Waals surface area contributed by atoms with Gasteiger partial charge >= 0.3 is 0 Å². The average molecular weight is 322 g/mol. The lowest BCUT2D eigenvalue weighted by Crippen LogP contribution is -2.15. The standard InChI is InChI=1S/C19H18N2O3/c1-23-15-8-9-16(17(12-15)24-2)21-18(22)11-14-6-3-5-13-7-4-10-20-19(13)14/h3-10,12H,11H2,1-2H3,(H,21,22). The Hall–Kier alpha value is -3.08. The minimum Gasteiger partial charge on any atom is -0.497 e. The zero-order chi connectivity index (χ0) is 16.9. The summed E-state index contributed by atoms with van der Waals surface area (Å²) in [5, 5.41) is 3.90. The molecule has 0 saturated heterocycles. The van der Waals surface area contributed by atoms with Crippen molar-refractivity contribution in [2.75, 3.05) is 19.5 Å². The second-order valence-corrected chi connectivity index (χ2v) is 5.28. The fourth-order valence-electron chi connectivity index (χ4n) is 2.58. The number of amides is 1. The first-order valence-corrected chi connectivity index (χ1v) is 7.56. The maximum atomic E-state index is 12.4. The molecule has 1 N–H and O–H groups in total. The van der Waals surface area contributed by atoms with Crippen molar-refractivity contribution in [3.63, 3.8) is 0 Å². The summed E-state index contributed by atoms with van der Waals surface area (Å²) in [6.45, 7) is 0. The van der Waals surface area contributed by atoms with Gasteiger partial charge in [0.2, 0.25) is 5.91 Å². The van der Waals surface area contributed by atoms with E-state index in [2.05, 4.69) is 10.3 Å². The largest absolute Gasteiger partial charge is 0.497 e. The van der Waals surface area contributed by atoms with Gasteiger partial charge in [0.15, 0.2) is 0 Å². The van der Waals surface area contributed by atoms with Crippen LogP contribution in [-0.2, 0) is 11.2 Å². The van der Waals surface area contributed by atoms with Crippen LogP contribution in [0.25, 0.3) is 10.9 Å². The van der Waals surface area contributed by atoms with Gasteiger partial charge in [-0.3, -0.25) is 9.78 Å². The normalized spacial score (nSPS) is 10.4. The summed E-state index contributed by atoms with van der Waals surface area (Å²) < 4.78 is 10.5. The van der Waals surface area contributed by atoms with Gasteiger partial charge in [-0.25, -0.2) is 0 Å². The molecule has 0 atom stereocenters. The molecule has 1 aromatic heterocycles. The molecule has 0 spiro atoms. The van der Waals surface area contributed by atoms with E-state index >= 15 is 0 Å². The van der Waals surface area contributed by atoms with Gasteiger partial charge in [-0.2, -0.15) is 0 Å². The Labute approximate surface area is 140 Å². The predicted molar refractivity (Wildman–Crippen MR) is 93.6 cm³/mol. The minimum absolute atomic E-state index is 0.128. The highest BCUT2D eigenvalue weighted by Crippen LogP contribution is 2.29. The molecule has 0 fully saturated rings. The van der Waals surface area contributed by atoms with E-state index < -0.39 is 0 Å². The van der Waals surface area contributed by atoms with E-state index in [9.17, 15) is 4.79 Å². The maximum Gasteiger partial charge on any atom is 0.228 e. The predicted octanol–water partition coefficient (Wildman–Crippen LogP) is 3.43. The lowest BCUT2D eigenvalue weighted by Gasteiger charge is -2.12. The monoisotopic (exact) mass is 322 g/mol. The first-order chi connectivity index (χ1) is 11.7. The molecule has 24 heavy (non-hydrogen) atoms. The molecular formula is C19H18N2O3. The van der Waals surface area contributed by atoms with E-state index in [1.54, 1.807) is 38.6 Å². The highest BCUT2D eigenvalue weighted by molar-refractivity contribution is 5.96. The molecule has 0 aliphatic rings. The van der Waals surface area contributed by atoms with Crippen LogP contribution in [0.3, 0.4) is 0 Å². The number of rotatable bonds is 5. The number of anilines is 1. The highest BCUT2D eigenvalue weighted by Gasteiger charge is 2.11. The van der Waals surface area contributed by atoms with Crippen LogP contribution in [0.15, 0.2) is 54.7 Å². The summed E-state index contributed by atoms with van der Waals surface area (Å²) in [5.41, 5.74) is 2.34. The van der Waals surface area contributed by atoms with Crippen molar-refractivity contribution in [2.45, 2.75) is 6.42 Å². The lowest BCUT2D eigenvalue weighted by molar-refractivity contribution is -0.115. The molecular weight excluding hydrogens is 304 g/mol. The molecule has 3 rings (SSSR count). The number of nitrogens with one attached hydrogen (secondary N) is 1. The van der Waals surface area contributed by atoms with Crippen molar-refractivity contribution >= 4 is 22.5 Å². The Morgan fingerprint density at radius 1 is 1.08 bits per heavy atom. The number of aromatic nitrogens is 1. The summed E-state index contributed by atoms with van der Waals surface area (Å²) in [7, 11) is 3.14. The van der Waals surface area contributed by atoms with Crippen molar-refractivity contribution in [3.05, 3.63) is 60.3 Å². The Morgan fingerprint density at radius 3 is 2.71 bits per heavy atom. The van der Waals surface area contributed by atoms with Crippen molar-refractivity contribution in [1.29, 1.82) is 0 Å². The quantitative estimate of drug-likeness (QED) is 0.782. The van der Waals surface area contributed by atoms with Crippen LogP contribution in [0.2, 0.25) is 0 Å². The molecule has 2 aromatic carbocycles. The highest BCUT2D eigenvalue weighted by atomic mass is 16.5. The Bertz CT molecular complexity index is 872. The van der Waals surface area contributed by atoms with E-state index in [1.807, 2.05) is 30.3 Å². The van der Waals surface area contributed by atoms with Gasteiger partial charge in [-0.15, -0.1) is 0 Å². The molecule has 0 aliphatic carbocycles. The molecule has 122 valence electrons. The Balaban J connectivity index is 1.80. The Kier molecular flexibility index (Phi) is 4.61. The number of ether oxygens (including phenoxy) is 2.